The fraction of sp³-hybridized carbons (Fsp3) is 0.111. The van der Waals surface area contributed by atoms with Crippen LogP contribution in [0.25, 0.3) is 0 Å². The van der Waals surface area contributed by atoms with Crippen molar-refractivity contribution in [1.29, 1.82) is 0 Å². The van der Waals surface area contributed by atoms with Crippen LogP contribution in [0.15, 0.2) is 65.5 Å². The lowest BCUT2D eigenvalue weighted by Crippen LogP contribution is -2.25. The van der Waals surface area contributed by atoms with E-state index in [0.717, 1.165) is 5.56 Å². The Morgan fingerprint density at radius 1 is 1.04 bits per heavy atom. The summed E-state index contributed by atoms with van der Waals surface area (Å²) in [7, 11) is 0. The number of para-hydroxylation sites is 1. The number of aromatic amines is 1. The average molecular weight is 307 g/mol. The highest BCUT2D eigenvalue weighted by Gasteiger charge is 2.18. The van der Waals surface area contributed by atoms with Gasteiger partial charge in [0.1, 0.15) is 5.56 Å². The van der Waals surface area contributed by atoms with E-state index in [1.165, 1.54) is 4.68 Å². The Balaban J connectivity index is 1.86. The summed E-state index contributed by atoms with van der Waals surface area (Å²) in [6, 6.07) is 18.7. The van der Waals surface area contributed by atoms with E-state index >= 15 is 0 Å². The van der Waals surface area contributed by atoms with E-state index in [2.05, 4.69) is 10.4 Å². The van der Waals surface area contributed by atoms with Crippen LogP contribution in [-0.4, -0.2) is 15.7 Å². The predicted molar refractivity (Wildman–Crippen MR) is 89.7 cm³/mol. The molecular formula is C18H17N3O2. The zero-order valence-corrected chi connectivity index (χ0v) is 12.7. The van der Waals surface area contributed by atoms with Gasteiger partial charge in [-0.2, -0.15) is 0 Å². The number of anilines is 1. The van der Waals surface area contributed by atoms with Crippen molar-refractivity contribution in [2.24, 2.45) is 0 Å². The van der Waals surface area contributed by atoms with Gasteiger partial charge in [0.25, 0.3) is 11.5 Å². The van der Waals surface area contributed by atoms with E-state index in [1.54, 1.807) is 19.1 Å². The van der Waals surface area contributed by atoms with Gasteiger partial charge in [-0.25, -0.2) is 4.68 Å². The van der Waals surface area contributed by atoms with E-state index in [0.29, 0.717) is 17.9 Å². The largest absolute Gasteiger partial charge is 0.322 e. The van der Waals surface area contributed by atoms with E-state index < -0.39 is 5.91 Å². The molecule has 5 nitrogen and oxygen atoms in total. The summed E-state index contributed by atoms with van der Waals surface area (Å²) in [5, 5.41) is 5.72. The van der Waals surface area contributed by atoms with Crippen LogP contribution >= 0.6 is 0 Å². The van der Waals surface area contributed by atoms with Gasteiger partial charge in [-0.3, -0.25) is 14.7 Å². The van der Waals surface area contributed by atoms with E-state index in [-0.39, 0.29) is 11.1 Å². The Labute approximate surface area is 133 Å². The fourth-order valence-corrected chi connectivity index (χ4v) is 2.46. The van der Waals surface area contributed by atoms with Crippen LogP contribution in [0, 0.1) is 6.92 Å². The van der Waals surface area contributed by atoms with Crippen LogP contribution < -0.4 is 10.9 Å². The van der Waals surface area contributed by atoms with Crippen LogP contribution in [-0.2, 0) is 6.54 Å². The first-order valence-corrected chi connectivity index (χ1v) is 7.35. The van der Waals surface area contributed by atoms with Crippen LogP contribution in [0.5, 0.6) is 0 Å². The highest BCUT2D eigenvalue weighted by atomic mass is 16.2. The van der Waals surface area contributed by atoms with Gasteiger partial charge in [-0.1, -0.05) is 48.5 Å². The minimum absolute atomic E-state index is 0.143. The van der Waals surface area contributed by atoms with E-state index in [1.807, 2.05) is 48.5 Å². The summed E-state index contributed by atoms with van der Waals surface area (Å²) >= 11 is 0. The molecule has 1 amide bonds. The number of rotatable bonds is 4. The fourth-order valence-electron chi connectivity index (χ4n) is 2.46. The van der Waals surface area contributed by atoms with Gasteiger partial charge in [0, 0.05) is 11.4 Å². The van der Waals surface area contributed by atoms with Gasteiger partial charge >= 0.3 is 0 Å². The molecule has 116 valence electrons. The Bertz CT molecular complexity index is 864. The van der Waals surface area contributed by atoms with Crippen molar-refractivity contribution < 1.29 is 4.79 Å². The number of benzene rings is 2. The SMILES string of the molecule is Cc1[nH]n(Cc2ccccc2)c(=O)c1C(=O)Nc1ccccc1. The molecule has 5 heteroatoms. The second kappa shape index (κ2) is 6.36. The maximum atomic E-state index is 12.5. The number of amides is 1. The molecule has 0 unspecified atom stereocenters. The van der Waals surface area contributed by atoms with Crippen molar-refractivity contribution in [1.82, 2.24) is 9.78 Å². The molecule has 0 saturated heterocycles. The molecule has 3 rings (SSSR count). The molecule has 23 heavy (non-hydrogen) atoms. The number of aryl methyl sites for hydroxylation is 1. The number of H-pyrrole nitrogens is 1. The average Bonchev–Trinajstić information content (AvgIpc) is 2.83. The molecule has 0 aliphatic rings. The summed E-state index contributed by atoms with van der Waals surface area (Å²) in [5.41, 5.74) is 2.03. The number of hydrogen-bond acceptors (Lipinski definition) is 2. The van der Waals surface area contributed by atoms with Gasteiger partial charge in [0.05, 0.1) is 6.54 Å². The molecule has 0 spiro atoms. The zero-order valence-electron chi connectivity index (χ0n) is 12.7. The maximum absolute atomic E-state index is 12.5. The summed E-state index contributed by atoms with van der Waals surface area (Å²) in [6.45, 7) is 2.13. The molecular weight excluding hydrogens is 290 g/mol. The third-order valence-corrected chi connectivity index (χ3v) is 3.58. The quantitative estimate of drug-likeness (QED) is 0.778. The van der Waals surface area contributed by atoms with Crippen LogP contribution in [0.2, 0.25) is 0 Å². The summed E-state index contributed by atoms with van der Waals surface area (Å²) < 4.78 is 1.45. The topological polar surface area (TPSA) is 66.9 Å². The second-order valence-electron chi connectivity index (χ2n) is 5.31. The van der Waals surface area contributed by atoms with Crippen molar-refractivity contribution in [2.45, 2.75) is 13.5 Å². The molecule has 2 aromatic carbocycles. The van der Waals surface area contributed by atoms with Crippen molar-refractivity contribution in [2.75, 3.05) is 5.32 Å². The van der Waals surface area contributed by atoms with E-state index in [9.17, 15) is 9.59 Å². The number of carbonyl (C=O) groups is 1. The first-order chi connectivity index (χ1) is 11.1. The third kappa shape index (κ3) is 3.23. The molecule has 2 N–H and O–H groups in total. The van der Waals surface area contributed by atoms with Gasteiger partial charge in [-0.05, 0) is 24.6 Å². The summed E-state index contributed by atoms with van der Waals surface area (Å²) in [5.74, 6) is -0.401. The Morgan fingerprint density at radius 3 is 2.30 bits per heavy atom. The monoisotopic (exact) mass is 307 g/mol. The molecule has 1 heterocycles. The smallest absolute Gasteiger partial charge is 0.279 e. The minimum atomic E-state index is -0.401. The zero-order chi connectivity index (χ0) is 16.2. The molecule has 1 aromatic heterocycles. The van der Waals surface area contributed by atoms with Crippen LogP contribution in [0.4, 0.5) is 5.69 Å². The van der Waals surface area contributed by atoms with Crippen molar-refractivity contribution in [3.05, 3.63) is 87.8 Å². The second-order valence-corrected chi connectivity index (χ2v) is 5.31. The molecule has 0 aliphatic carbocycles. The number of nitrogens with one attached hydrogen (secondary N) is 2. The normalized spacial score (nSPS) is 10.5. The summed E-state index contributed by atoms with van der Waals surface area (Å²) in [4.78, 5) is 24.9. The van der Waals surface area contributed by atoms with Gasteiger partial charge < -0.3 is 5.32 Å². The number of aromatic nitrogens is 2. The Morgan fingerprint density at radius 2 is 1.65 bits per heavy atom. The van der Waals surface area contributed by atoms with Gasteiger partial charge in [0.2, 0.25) is 0 Å². The van der Waals surface area contributed by atoms with E-state index in [4.69, 9.17) is 0 Å². The minimum Gasteiger partial charge on any atom is -0.322 e. The standard InChI is InChI=1S/C18H17N3O2/c1-13-16(17(22)19-15-10-6-3-7-11-15)18(23)21(20-13)12-14-8-4-2-5-9-14/h2-11,20H,12H2,1H3,(H,19,22). The molecule has 0 saturated carbocycles. The molecule has 0 aliphatic heterocycles. The van der Waals surface area contributed by atoms with Crippen LogP contribution in [0.1, 0.15) is 21.6 Å². The number of hydrogen-bond donors (Lipinski definition) is 2. The summed E-state index contributed by atoms with van der Waals surface area (Å²) in [6.07, 6.45) is 0. The first-order valence-electron chi connectivity index (χ1n) is 7.35. The lowest BCUT2D eigenvalue weighted by molar-refractivity contribution is 0.102. The highest BCUT2D eigenvalue weighted by molar-refractivity contribution is 6.04. The predicted octanol–water partition coefficient (Wildman–Crippen LogP) is 2.79. The van der Waals surface area contributed by atoms with Crippen molar-refractivity contribution in [3.63, 3.8) is 0 Å². The molecule has 0 fully saturated rings. The number of nitrogens with zero attached hydrogens (tertiary/aromatic N) is 1. The first kappa shape index (κ1) is 14.8. The molecule has 0 radical (unpaired) electrons. The molecule has 3 aromatic rings. The third-order valence-electron chi connectivity index (χ3n) is 3.58. The molecule has 0 bridgehead atoms. The maximum Gasteiger partial charge on any atom is 0.279 e. The van der Waals surface area contributed by atoms with Crippen LogP contribution in [0.3, 0.4) is 0 Å². The highest BCUT2D eigenvalue weighted by Crippen LogP contribution is 2.09. The van der Waals surface area contributed by atoms with Gasteiger partial charge in [-0.15, -0.1) is 0 Å². The Hall–Kier alpha value is -3.08. The lowest BCUT2D eigenvalue weighted by Gasteiger charge is -2.03. The van der Waals surface area contributed by atoms with Gasteiger partial charge in [0.15, 0.2) is 0 Å². The lowest BCUT2D eigenvalue weighted by atomic mass is 10.2. The van der Waals surface area contributed by atoms with Crippen molar-refractivity contribution in [3.8, 4) is 0 Å². The van der Waals surface area contributed by atoms with Crippen molar-refractivity contribution >= 4 is 11.6 Å². The number of carbonyl (C=O) groups excluding carboxylic acids is 1. The molecule has 0 atom stereocenters. The Kier molecular flexibility index (Phi) is 4.10.